The fraction of sp³-hybridized carbons (Fsp3) is 0.857. The molecule has 0 aromatic rings. The highest BCUT2D eigenvalue weighted by Crippen LogP contribution is 2.41. The van der Waals surface area contributed by atoms with E-state index >= 15 is 0 Å². The van der Waals surface area contributed by atoms with Gasteiger partial charge in [0.2, 0.25) is 0 Å². The number of halogens is 7. The zero-order valence-electron chi connectivity index (χ0n) is 8.43. The summed E-state index contributed by atoms with van der Waals surface area (Å²) in [5.41, 5.74) is 4.85. The first kappa shape index (κ1) is 18.7. The number of alkyl halides is 6. The van der Waals surface area contributed by atoms with Crippen molar-refractivity contribution in [1.29, 1.82) is 0 Å². The van der Waals surface area contributed by atoms with Crippen LogP contribution in [0, 0.1) is 5.92 Å². The van der Waals surface area contributed by atoms with Gasteiger partial charge in [0.25, 0.3) is 0 Å². The monoisotopic (exact) mass is 289 g/mol. The summed E-state index contributed by atoms with van der Waals surface area (Å²) >= 11 is 0. The zero-order chi connectivity index (χ0) is 13.1. The zero-order valence-corrected chi connectivity index (χ0v) is 9.25. The first-order valence-corrected chi connectivity index (χ1v) is 3.97. The van der Waals surface area contributed by atoms with Gasteiger partial charge in [0.1, 0.15) is 6.04 Å². The molecule has 17 heavy (non-hydrogen) atoms. The second-order valence-corrected chi connectivity index (χ2v) is 3.00. The van der Waals surface area contributed by atoms with E-state index in [9.17, 15) is 31.1 Å². The molecule has 0 saturated heterocycles. The minimum Gasteiger partial charge on any atom is -0.468 e. The summed E-state index contributed by atoms with van der Waals surface area (Å²) in [5.74, 6) is -4.95. The molecular formula is C7H10ClF6NO2. The Morgan fingerprint density at radius 1 is 1.18 bits per heavy atom. The Kier molecular flexibility index (Phi) is 6.91. The third-order valence-corrected chi connectivity index (χ3v) is 1.78. The lowest BCUT2D eigenvalue weighted by Crippen LogP contribution is -2.43. The van der Waals surface area contributed by atoms with Gasteiger partial charge in [0, 0.05) is 0 Å². The summed E-state index contributed by atoms with van der Waals surface area (Å²) in [6, 6.07) is -1.96. The predicted molar refractivity (Wildman–Crippen MR) is 47.5 cm³/mol. The fourth-order valence-electron chi connectivity index (χ4n) is 0.954. The number of esters is 1. The number of ether oxygens (including phenoxy) is 1. The van der Waals surface area contributed by atoms with Crippen LogP contribution in [0.4, 0.5) is 26.3 Å². The molecule has 0 bridgehead atoms. The average Bonchev–Trinajstić information content (AvgIpc) is 2.08. The van der Waals surface area contributed by atoms with E-state index in [4.69, 9.17) is 5.73 Å². The number of carbonyl (C=O) groups is 1. The van der Waals surface area contributed by atoms with Crippen molar-refractivity contribution in [3.05, 3.63) is 0 Å². The van der Waals surface area contributed by atoms with E-state index < -0.39 is 36.7 Å². The topological polar surface area (TPSA) is 52.3 Å². The SMILES string of the molecule is COC(=O)C(N)CC(C(F)(F)F)C(F)(F)F.Cl. The highest BCUT2D eigenvalue weighted by Gasteiger charge is 2.57. The van der Waals surface area contributed by atoms with Crippen molar-refractivity contribution in [2.75, 3.05) is 7.11 Å². The van der Waals surface area contributed by atoms with Gasteiger partial charge in [-0.2, -0.15) is 26.3 Å². The lowest BCUT2D eigenvalue weighted by Gasteiger charge is -2.24. The van der Waals surface area contributed by atoms with E-state index in [1.807, 2.05) is 0 Å². The Bertz CT molecular complexity index is 240. The van der Waals surface area contributed by atoms with Crippen molar-refractivity contribution >= 4 is 18.4 Å². The molecule has 0 aliphatic heterocycles. The van der Waals surface area contributed by atoms with Crippen molar-refractivity contribution < 1.29 is 35.9 Å². The first-order valence-electron chi connectivity index (χ1n) is 3.97. The normalized spacial score (nSPS) is 14.2. The van der Waals surface area contributed by atoms with Gasteiger partial charge in [-0.05, 0) is 6.42 Å². The number of carbonyl (C=O) groups excluding carboxylic acids is 1. The maximum Gasteiger partial charge on any atom is 0.400 e. The molecule has 0 aliphatic carbocycles. The van der Waals surface area contributed by atoms with Crippen LogP contribution in [0.5, 0.6) is 0 Å². The molecule has 104 valence electrons. The smallest absolute Gasteiger partial charge is 0.400 e. The standard InChI is InChI=1S/C7H9F6NO2.ClH/c1-16-5(15)3(14)2-4(6(8,9)10)7(11,12)13;/h3-4H,2,14H2,1H3;1H. The van der Waals surface area contributed by atoms with Crippen LogP contribution in [0.1, 0.15) is 6.42 Å². The molecule has 1 unspecified atom stereocenters. The molecule has 2 N–H and O–H groups in total. The van der Waals surface area contributed by atoms with Crippen LogP contribution in [-0.2, 0) is 9.53 Å². The van der Waals surface area contributed by atoms with Crippen LogP contribution in [0.25, 0.3) is 0 Å². The summed E-state index contributed by atoms with van der Waals surface area (Å²) in [6.07, 6.45) is -12.6. The summed E-state index contributed by atoms with van der Waals surface area (Å²) < 4.78 is 76.0. The molecule has 0 spiro atoms. The third-order valence-electron chi connectivity index (χ3n) is 1.78. The van der Waals surface area contributed by atoms with Crippen molar-refractivity contribution in [2.45, 2.75) is 24.8 Å². The Balaban J connectivity index is 0. The highest BCUT2D eigenvalue weighted by atomic mass is 35.5. The molecule has 0 amide bonds. The summed E-state index contributed by atoms with van der Waals surface area (Å²) in [5, 5.41) is 0. The quantitative estimate of drug-likeness (QED) is 0.639. The van der Waals surface area contributed by atoms with Gasteiger partial charge in [-0.3, -0.25) is 4.79 Å². The fourth-order valence-corrected chi connectivity index (χ4v) is 0.954. The summed E-state index contributed by atoms with van der Waals surface area (Å²) in [6.45, 7) is 0. The van der Waals surface area contributed by atoms with Gasteiger partial charge in [-0.1, -0.05) is 0 Å². The molecule has 0 aliphatic rings. The lowest BCUT2D eigenvalue weighted by atomic mass is 9.99. The van der Waals surface area contributed by atoms with Gasteiger partial charge in [0.15, 0.2) is 5.92 Å². The second kappa shape index (κ2) is 6.29. The van der Waals surface area contributed by atoms with Gasteiger partial charge in [-0.15, -0.1) is 12.4 Å². The van der Waals surface area contributed by atoms with E-state index in [-0.39, 0.29) is 12.4 Å². The van der Waals surface area contributed by atoms with Crippen LogP contribution in [0.2, 0.25) is 0 Å². The molecular weight excluding hydrogens is 280 g/mol. The van der Waals surface area contributed by atoms with Crippen LogP contribution < -0.4 is 5.73 Å². The first-order chi connectivity index (χ1) is 7.00. The van der Waals surface area contributed by atoms with Crippen molar-refractivity contribution in [2.24, 2.45) is 11.7 Å². The minimum absolute atomic E-state index is 0. The van der Waals surface area contributed by atoms with E-state index in [2.05, 4.69) is 4.74 Å². The van der Waals surface area contributed by atoms with E-state index in [1.165, 1.54) is 0 Å². The van der Waals surface area contributed by atoms with Crippen LogP contribution >= 0.6 is 12.4 Å². The Morgan fingerprint density at radius 2 is 1.53 bits per heavy atom. The molecule has 0 heterocycles. The number of hydrogen-bond acceptors (Lipinski definition) is 3. The minimum atomic E-state index is -5.50. The van der Waals surface area contributed by atoms with Crippen LogP contribution in [-0.4, -0.2) is 31.5 Å². The highest BCUT2D eigenvalue weighted by molar-refractivity contribution is 5.85. The summed E-state index contributed by atoms with van der Waals surface area (Å²) in [4.78, 5) is 10.6. The lowest BCUT2D eigenvalue weighted by molar-refractivity contribution is -0.286. The molecule has 0 aromatic carbocycles. The molecule has 0 radical (unpaired) electrons. The largest absolute Gasteiger partial charge is 0.468 e. The molecule has 1 atom stereocenters. The molecule has 0 rings (SSSR count). The number of nitrogens with two attached hydrogens (primary N) is 1. The predicted octanol–water partition coefficient (Wildman–Crippen LogP) is 2.04. The van der Waals surface area contributed by atoms with Gasteiger partial charge < -0.3 is 10.5 Å². The maximum absolute atomic E-state index is 12.0. The van der Waals surface area contributed by atoms with Gasteiger partial charge in [0.05, 0.1) is 7.11 Å². The van der Waals surface area contributed by atoms with Crippen molar-refractivity contribution in [3.63, 3.8) is 0 Å². The molecule has 3 nitrogen and oxygen atoms in total. The number of rotatable bonds is 3. The van der Waals surface area contributed by atoms with Crippen LogP contribution in [0.3, 0.4) is 0 Å². The second-order valence-electron chi connectivity index (χ2n) is 3.00. The summed E-state index contributed by atoms with van der Waals surface area (Å²) in [7, 11) is 0.818. The van der Waals surface area contributed by atoms with Gasteiger partial charge >= 0.3 is 18.3 Å². The van der Waals surface area contributed by atoms with E-state index in [0.29, 0.717) is 0 Å². The molecule has 0 saturated carbocycles. The van der Waals surface area contributed by atoms with Gasteiger partial charge in [-0.25, -0.2) is 0 Å². The molecule has 0 aromatic heterocycles. The van der Waals surface area contributed by atoms with E-state index in [0.717, 1.165) is 7.11 Å². The van der Waals surface area contributed by atoms with Crippen LogP contribution in [0.15, 0.2) is 0 Å². The Labute approximate surface area is 98.7 Å². The number of methoxy groups -OCH3 is 1. The average molecular weight is 290 g/mol. The molecule has 0 fully saturated rings. The van der Waals surface area contributed by atoms with Crippen molar-refractivity contribution in [1.82, 2.24) is 0 Å². The Morgan fingerprint density at radius 3 is 1.76 bits per heavy atom. The Hall–Kier alpha value is -0.700. The molecule has 10 heteroatoms. The van der Waals surface area contributed by atoms with E-state index in [1.54, 1.807) is 0 Å². The maximum atomic E-state index is 12.0. The third kappa shape index (κ3) is 5.97. The number of hydrogen-bond donors (Lipinski definition) is 1. The van der Waals surface area contributed by atoms with Crippen molar-refractivity contribution in [3.8, 4) is 0 Å².